The number of halogens is 4. The Hall–Kier alpha value is -5.72. The summed E-state index contributed by atoms with van der Waals surface area (Å²) in [4.78, 5) is 53.6. The minimum absolute atomic E-state index is 0.0152. The number of nitrogens with two attached hydrogens (primary N) is 3. The second-order valence-electron chi connectivity index (χ2n) is 21.4. The van der Waals surface area contributed by atoms with Crippen LogP contribution in [-0.4, -0.2) is 88.9 Å². The zero-order valence-corrected chi connectivity index (χ0v) is 42.6. The average molecular weight is 1030 g/mol. The zero-order valence-electron chi connectivity index (χ0n) is 41.1. The third-order valence-corrected chi connectivity index (χ3v) is 15.1. The first-order valence-corrected chi connectivity index (χ1v) is 25.1. The van der Waals surface area contributed by atoms with E-state index in [9.17, 15) is 33.1 Å². The van der Waals surface area contributed by atoms with Crippen molar-refractivity contribution in [2.45, 2.75) is 130 Å². The van der Waals surface area contributed by atoms with E-state index in [2.05, 4.69) is 43.1 Å². The number of aliphatic hydroxyl groups excluding tert-OH is 1. The number of nitrogens with zero attached hydrogens (tertiary/aromatic N) is 6. The highest BCUT2D eigenvalue weighted by Crippen LogP contribution is 2.48. The third-order valence-electron chi connectivity index (χ3n) is 14.6. The lowest BCUT2D eigenvalue weighted by Gasteiger charge is -2.44. The van der Waals surface area contributed by atoms with Gasteiger partial charge in [-0.05, 0) is 104 Å². The summed E-state index contributed by atoms with van der Waals surface area (Å²) in [6.45, 7) is 11.5. The van der Waals surface area contributed by atoms with E-state index in [1.165, 1.54) is 42.0 Å². The molecule has 384 valence electrons. The number of aromatic nitrogens is 4. The largest absolute Gasteiger partial charge is 0.393 e. The van der Waals surface area contributed by atoms with Gasteiger partial charge in [0.05, 0.1) is 77.6 Å². The molecule has 0 bridgehead atoms. The summed E-state index contributed by atoms with van der Waals surface area (Å²) in [6, 6.07) is 18.5. The van der Waals surface area contributed by atoms with E-state index in [1.807, 2.05) is 25.1 Å². The smallest absolute Gasteiger partial charge is 0.252 e. The van der Waals surface area contributed by atoms with Crippen LogP contribution in [0.4, 0.5) is 8.78 Å². The van der Waals surface area contributed by atoms with Crippen molar-refractivity contribution in [3.8, 4) is 22.5 Å². The van der Waals surface area contributed by atoms with E-state index in [-0.39, 0.29) is 68.5 Å². The summed E-state index contributed by atoms with van der Waals surface area (Å²) in [5.41, 5.74) is 21.7. The molecule has 72 heavy (non-hydrogen) atoms. The van der Waals surface area contributed by atoms with E-state index < -0.39 is 23.4 Å². The Balaban J connectivity index is 0.000000153. The third kappa shape index (κ3) is 11.9. The molecule has 0 saturated heterocycles. The van der Waals surface area contributed by atoms with Gasteiger partial charge in [0.2, 0.25) is 11.8 Å². The second kappa shape index (κ2) is 21.0. The molecule has 2 aliphatic heterocycles. The van der Waals surface area contributed by atoms with Gasteiger partial charge in [0.15, 0.2) is 0 Å². The molecule has 3 fully saturated rings. The van der Waals surface area contributed by atoms with Gasteiger partial charge >= 0.3 is 0 Å². The molecular weight excluding hydrogens is 968 g/mol. The fourth-order valence-electron chi connectivity index (χ4n) is 11.1. The second-order valence-corrected chi connectivity index (χ2v) is 22.2. The van der Waals surface area contributed by atoms with Crippen molar-refractivity contribution < 1.29 is 37.8 Å². The van der Waals surface area contributed by atoms with Gasteiger partial charge in [0.1, 0.15) is 23.0 Å². The van der Waals surface area contributed by atoms with Crippen LogP contribution < -0.4 is 17.2 Å². The molecule has 0 spiro atoms. The molecule has 5 aromatic rings. The molecule has 5 aliphatic rings. The number of primary amides is 2. The molecule has 7 N–H and O–H groups in total. The van der Waals surface area contributed by atoms with Gasteiger partial charge in [-0.2, -0.15) is 10.2 Å². The van der Waals surface area contributed by atoms with Crippen LogP contribution >= 0.6 is 23.2 Å². The molecule has 2 aromatic heterocycles. The van der Waals surface area contributed by atoms with Crippen molar-refractivity contribution in [3.05, 3.63) is 116 Å². The van der Waals surface area contributed by atoms with E-state index >= 15 is 0 Å². The number of carbonyl (C=O) groups excluding carboxylic acids is 4. The highest BCUT2D eigenvalue weighted by Gasteiger charge is 2.43. The Morgan fingerprint density at radius 1 is 0.694 bits per heavy atom. The number of fused-ring (bicyclic) bond motifs is 2. The maximum Gasteiger partial charge on any atom is 0.252 e. The maximum absolute atomic E-state index is 13.5. The van der Waals surface area contributed by atoms with Gasteiger partial charge in [-0.25, -0.2) is 8.78 Å². The van der Waals surface area contributed by atoms with E-state index in [4.69, 9.17) is 45.1 Å². The van der Waals surface area contributed by atoms with E-state index in [0.29, 0.717) is 104 Å². The topological polar surface area (TPSA) is 218 Å². The first-order valence-electron chi connectivity index (χ1n) is 24.4. The minimum atomic E-state index is -0.662. The summed E-state index contributed by atoms with van der Waals surface area (Å²) < 4.78 is 36.2. The lowest BCUT2D eigenvalue weighted by atomic mass is 9.62. The number of rotatable bonds is 11. The van der Waals surface area contributed by atoms with Crippen LogP contribution in [0.2, 0.25) is 10.0 Å². The van der Waals surface area contributed by atoms with Crippen LogP contribution in [-0.2, 0) is 47.1 Å². The predicted octanol–water partition coefficient (Wildman–Crippen LogP) is 8.03. The van der Waals surface area contributed by atoms with Crippen LogP contribution in [0.3, 0.4) is 0 Å². The first-order chi connectivity index (χ1) is 34.0. The lowest BCUT2D eigenvalue weighted by molar-refractivity contribution is -0.139. The highest BCUT2D eigenvalue weighted by atomic mass is 35.5. The fraction of sp³-hybridized carbons (Fsp3) is 0.472. The molecule has 0 unspecified atom stereocenters. The molecule has 4 heterocycles. The summed E-state index contributed by atoms with van der Waals surface area (Å²) in [6.07, 6.45) is 6.23. The quantitative estimate of drug-likeness (QED) is 0.101. The number of benzene rings is 3. The number of hydrogen-bond acceptors (Lipinski definition) is 9. The Bertz CT molecular complexity index is 2690. The molecule has 10 rings (SSSR count). The Morgan fingerprint density at radius 3 is 1.53 bits per heavy atom. The first kappa shape index (κ1) is 52.6. The van der Waals surface area contributed by atoms with Crippen molar-refractivity contribution in [2.24, 2.45) is 33.9 Å². The van der Waals surface area contributed by atoms with Crippen LogP contribution in [0.15, 0.2) is 66.7 Å². The van der Waals surface area contributed by atoms with Crippen molar-refractivity contribution in [1.82, 2.24) is 29.4 Å². The monoisotopic (exact) mass is 1030 g/mol. The van der Waals surface area contributed by atoms with Gasteiger partial charge < -0.3 is 36.8 Å². The van der Waals surface area contributed by atoms with Gasteiger partial charge in [-0.1, -0.05) is 74.3 Å². The van der Waals surface area contributed by atoms with Gasteiger partial charge in [0, 0.05) is 42.6 Å². The molecule has 15 nitrogen and oxygen atoms in total. The average Bonchev–Trinajstić information content (AvgIpc) is 3.88. The number of carbonyl (C=O) groups is 4. The van der Waals surface area contributed by atoms with Crippen LogP contribution in [0.25, 0.3) is 22.5 Å². The maximum atomic E-state index is 13.5. The lowest BCUT2D eigenvalue weighted by Crippen LogP contribution is -2.52. The minimum Gasteiger partial charge on any atom is -0.393 e. The SMILES string of the molecule is CC1(CC(=O)N2CCn3nc(-c4ccc(F)c(Cl)c4)c(C(N)=O)c3C2)CC(O)C1.CC1(N)CC(OCc2ccccc2)C1.CC1CC(C)(CC(=O)N2CCn3nc(-c4ccc(F)c(Cl)c4)c(C(N)=O)c3C2)C1. The van der Waals surface area contributed by atoms with Crippen molar-refractivity contribution in [2.75, 3.05) is 13.1 Å². The number of hydrogen-bond donors (Lipinski definition) is 4. The molecule has 0 atom stereocenters. The van der Waals surface area contributed by atoms with Crippen LogP contribution in [0.1, 0.15) is 117 Å². The van der Waals surface area contributed by atoms with Crippen molar-refractivity contribution >= 4 is 46.8 Å². The number of aliphatic hydroxyl groups is 1. The standard InChI is InChI=1S/C21H24ClFN4O2.C20H22ClFN4O3.C12H17NO/c1-12-8-21(2,9-12)10-17(28)26-5-6-27-16(11-26)18(20(24)29)19(25-27)13-3-4-15(23)14(22)7-13;1-20(7-12(27)8-20)9-16(28)25-4-5-26-15(10-25)17(19(23)29)18(24-26)11-2-3-14(22)13(21)6-11;1-12(13)7-11(8-12)14-9-10-5-3-2-4-6-10/h3-4,7,12H,5-6,8-11H2,1-2H3,(H2,24,29);2-3,6,12,27H,4-5,7-10H2,1H3,(H2,23,29);2-6,11H,7-9,13H2,1H3. The van der Waals surface area contributed by atoms with E-state index in [0.717, 1.165) is 25.7 Å². The van der Waals surface area contributed by atoms with Gasteiger partial charge in [0.25, 0.3) is 11.8 Å². The Morgan fingerprint density at radius 2 is 1.14 bits per heavy atom. The molecular formula is C53H63Cl2F2N9O6. The molecule has 4 amide bonds. The fourth-order valence-corrected chi connectivity index (χ4v) is 11.5. The van der Waals surface area contributed by atoms with Crippen LogP contribution in [0, 0.1) is 28.4 Å². The summed E-state index contributed by atoms with van der Waals surface area (Å²) in [5, 5.41) is 18.4. The van der Waals surface area contributed by atoms with Gasteiger partial charge in [-0.3, -0.25) is 28.5 Å². The zero-order chi connectivity index (χ0) is 51.9. The molecule has 3 aliphatic carbocycles. The van der Waals surface area contributed by atoms with Crippen molar-refractivity contribution in [1.29, 1.82) is 0 Å². The number of ether oxygens (including phenoxy) is 1. The van der Waals surface area contributed by atoms with E-state index in [1.54, 1.807) is 19.2 Å². The normalized spacial score (nSPS) is 24.9. The van der Waals surface area contributed by atoms with Crippen LogP contribution in [0.5, 0.6) is 0 Å². The summed E-state index contributed by atoms with van der Waals surface area (Å²) >= 11 is 11.8. The Labute approximate surface area is 427 Å². The summed E-state index contributed by atoms with van der Waals surface area (Å²) in [5.74, 6) is -1.66. The molecule has 3 saturated carbocycles. The molecule has 0 radical (unpaired) electrons. The summed E-state index contributed by atoms with van der Waals surface area (Å²) in [7, 11) is 0. The molecule has 3 aromatic carbocycles. The van der Waals surface area contributed by atoms with Gasteiger partial charge in [-0.15, -0.1) is 0 Å². The number of amides is 4. The predicted molar refractivity (Wildman–Crippen MR) is 269 cm³/mol. The van der Waals surface area contributed by atoms with Crippen molar-refractivity contribution in [3.63, 3.8) is 0 Å². The molecule has 19 heteroatoms. The highest BCUT2D eigenvalue weighted by molar-refractivity contribution is 6.31. The Kier molecular flexibility index (Phi) is 15.4.